The van der Waals surface area contributed by atoms with Crippen LogP contribution in [0.4, 0.5) is 4.79 Å². The van der Waals surface area contributed by atoms with Gasteiger partial charge in [-0.1, -0.05) is 37.1 Å². The van der Waals surface area contributed by atoms with Crippen molar-refractivity contribution in [3.63, 3.8) is 0 Å². The second-order valence-corrected chi connectivity index (χ2v) is 8.40. The van der Waals surface area contributed by atoms with E-state index >= 15 is 0 Å². The normalized spacial score (nSPS) is 18.7. The average molecular weight is 543 g/mol. The highest BCUT2D eigenvalue weighted by atomic mass is 127. The van der Waals surface area contributed by atoms with Gasteiger partial charge in [0.15, 0.2) is 5.96 Å². The van der Waals surface area contributed by atoms with Crippen molar-refractivity contribution in [2.75, 3.05) is 32.7 Å². The fraction of sp³-hybridized carbons (Fsp3) is 0.652. The number of nitrogens with zero attached hydrogens (tertiary/aromatic N) is 3. The van der Waals surface area contributed by atoms with Crippen LogP contribution in [0.2, 0.25) is 0 Å². The Morgan fingerprint density at radius 3 is 2.32 bits per heavy atom. The maximum absolute atomic E-state index is 11.3. The van der Waals surface area contributed by atoms with Gasteiger partial charge in [0, 0.05) is 32.2 Å². The number of likely N-dealkylation sites (tertiary alicyclic amines) is 2. The van der Waals surface area contributed by atoms with Crippen LogP contribution in [0.1, 0.15) is 56.6 Å². The Balaban J connectivity index is 0.00000341. The first-order valence-corrected chi connectivity index (χ1v) is 11.5. The molecule has 0 atom stereocenters. The van der Waals surface area contributed by atoms with Crippen molar-refractivity contribution in [1.82, 2.24) is 20.4 Å². The first-order chi connectivity index (χ1) is 14.7. The lowest BCUT2D eigenvalue weighted by molar-refractivity contribution is 0.188. The number of hydrogen-bond donors (Lipinski definition) is 3. The van der Waals surface area contributed by atoms with E-state index in [1.165, 1.54) is 49.9 Å². The van der Waals surface area contributed by atoms with Crippen molar-refractivity contribution < 1.29 is 4.79 Å². The number of hydrogen-bond acceptors (Lipinski definition) is 3. The Hall–Kier alpha value is -1.55. The summed E-state index contributed by atoms with van der Waals surface area (Å²) in [4.78, 5) is 20.5. The Labute approximate surface area is 204 Å². The van der Waals surface area contributed by atoms with Crippen LogP contribution < -0.4 is 16.4 Å². The van der Waals surface area contributed by atoms with E-state index < -0.39 is 0 Å². The second kappa shape index (κ2) is 13.8. The molecule has 2 amide bonds. The summed E-state index contributed by atoms with van der Waals surface area (Å²) in [6.07, 6.45) is 7.11. The SMILES string of the molecule is CCNC(=NCc1ccccc1CN1CCCCCC1)NC1CCN(C(N)=O)CC1.I. The lowest BCUT2D eigenvalue weighted by Crippen LogP contribution is -2.50. The third-order valence-corrected chi connectivity index (χ3v) is 6.11. The summed E-state index contributed by atoms with van der Waals surface area (Å²) in [5.74, 6) is 0.847. The van der Waals surface area contributed by atoms with E-state index in [-0.39, 0.29) is 30.0 Å². The van der Waals surface area contributed by atoms with Crippen molar-refractivity contribution in [3.05, 3.63) is 35.4 Å². The average Bonchev–Trinajstić information content (AvgIpc) is 3.02. The number of carbonyl (C=O) groups excluding carboxylic acids is 1. The van der Waals surface area contributed by atoms with Gasteiger partial charge in [-0.05, 0) is 56.8 Å². The number of aliphatic imine (C=N–C) groups is 1. The van der Waals surface area contributed by atoms with Crippen LogP contribution in [0.25, 0.3) is 0 Å². The number of piperidine rings is 1. The van der Waals surface area contributed by atoms with E-state index in [9.17, 15) is 4.79 Å². The van der Waals surface area contributed by atoms with Crippen LogP contribution in [0.15, 0.2) is 29.3 Å². The molecule has 1 aromatic carbocycles. The third kappa shape index (κ3) is 8.48. The summed E-state index contributed by atoms with van der Waals surface area (Å²) in [6.45, 7) is 8.38. The van der Waals surface area contributed by atoms with Gasteiger partial charge in [-0.25, -0.2) is 9.79 Å². The zero-order valence-electron chi connectivity index (χ0n) is 18.8. The number of nitrogens with one attached hydrogen (secondary N) is 2. The van der Waals surface area contributed by atoms with Crippen molar-refractivity contribution in [3.8, 4) is 0 Å². The Morgan fingerprint density at radius 2 is 1.71 bits per heavy atom. The van der Waals surface area contributed by atoms with Crippen LogP contribution in [0.3, 0.4) is 0 Å². The number of urea groups is 1. The minimum atomic E-state index is -0.324. The quantitative estimate of drug-likeness (QED) is 0.293. The molecule has 3 rings (SSSR count). The van der Waals surface area contributed by atoms with Crippen LogP contribution in [0, 0.1) is 0 Å². The van der Waals surface area contributed by atoms with E-state index in [4.69, 9.17) is 10.7 Å². The minimum Gasteiger partial charge on any atom is -0.357 e. The van der Waals surface area contributed by atoms with Gasteiger partial charge in [0.05, 0.1) is 6.54 Å². The molecule has 0 aromatic heterocycles. The molecule has 0 aliphatic carbocycles. The van der Waals surface area contributed by atoms with E-state index in [2.05, 4.69) is 46.7 Å². The molecule has 0 spiro atoms. The number of halogens is 1. The highest BCUT2D eigenvalue weighted by molar-refractivity contribution is 14.0. The van der Waals surface area contributed by atoms with E-state index in [1.54, 1.807) is 4.90 Å². The van der Waals surface area contributed by atoms with Gasteiger partial charge in [0.1, 0.15) is 0 Å². The molecule has 2 aliphatic rings. The predicted octanol–water partition coefficient (Wildman–Crippen LogP) is 3.28. The Kier molecular flexibility index (Phi) is 11.4. The number of guanidine groups is 1. The zero-order valence-corrected chi connectivity index (χ0v) is 21.1. The number of nitrogens with two attached hydrogens (primary N) is 1. The molecule has 2 saturated heterocycles. The summed E-state index contributed by atoms with van der Waals surface area (Å²) < 4.78 is 0. The van der Waals surface area contributed by atoms with Gasteiger partial charge >= 0.3 is 6.03 Å². The number of amides is 2. The lowest BCUT2D eigenvalue weighted by atomic mass is 10.1. The first-order valence-electron chi connectivity index (χ1n) is 11.5. The van der Waals surface area contributed by atoms with E-state index in [0.717, 1.165) is 31.9 Å². The molecule has 2 aliphatic heterocycles. The molecular weight excluding hydrogens is 503 g/mol. The summed E-state index contributed by atoms with van der Waals surface area (Å²) in [7, 11) is 0. The molecule has 2 fully saturated rings. The van der Waals surface area contributed by atoms with Crippen LogP contribution in [0.5, 0.6) is 0 Å². The fourth-order valence-corrected chi connectivity index (χ4v) is 4.32. The second-order valence-electron chi connectivity index (χ2n) is 8.40. The van der Waals surface area contributed by atoms with E-state index in [0.29, 0.717) is 25.7 Å². The molecule has 31 heavy (non-hydrogen) atoms. The lowest BCUT2D eigenvalue weighted by Gasteiger charge is -2.32. The molecule has 4 N–H and O–H groups in total. The van der Waals surface area contributed by atoms with Gasteiger partial charge in [0.25, 0.3) is 0 Å². The standard InChI is InChI=1S/C23H38N6O.HI/c1-2-25-23(27-21-11-15-29(16-12-21)22(24)30)26-17-19-9-5-6-10-20(19)18-28-13-7-3-4-8-14-28;/h5-6,9-10,21H,2-4,7-8,11-18H2,1H3,(H2,24,30)(H2,25,26,27);1H. The minimum absolute atomic E-state index is 0. The zero-order chi connectivity index (χ0) is 21.2. The Morgan fingerprint density at radius 1 is 1.06 bits per heavy atom. The van der Waals surface area contributed by atoms with Gasteiger partial charge in [-0.15, -0.1) is 24.0 Å². The maximum Gasteiger partial charge on any atom is 0.314 e. The molecule has 1 aromatic rings. The maximum atomic E-state index is 11.3. The number of rotatable bonds is 6. The molecular formula is C23H39IN6O. The van der Waals surface area contributed by atoms with Crippen LogP contribution in [-0.2, 0) is 13.1 Å². The summed E-state index contributed by atoms with van der Waals surface area (Å²) in [5.41, 5.74) is 8.07. The summed E-state index contributed by atoms with van der Waals surface area (Å²) in [6, 6.07) is 8.68. The highest BCUT2D eigenvalue weighted by Crippen LogP contribution is 2.17. The van der Waals surface area contributed by atoms with Crippen molar-refractivity contribution in [2.45, 2.75) is 64.6 Å². The van der Waals surface area contributed by atoms with E-state index in [1.807, 2.05) is 0 Å². The highest BCUT2D eigenvalue weighted by Gasteiger charge is 2.21. The Bertz CT molecular complexity index is 697. The number of primary amides is 1. The number of benzene rings is 1. The van der Waals surface area contributed by atoms with Gasteiger partial charge in [-0.3, -0.25) is 4.90 Å². The molecule has 0 unspecified atom stereocenters. The monoisotopic (exact) mass is 542 g/mol. The van der Waals surface area contributed by atoms with Crippen LogP contribution in [-0.4, -0.2) is 60.6 Å². The summed E-state index contributed by atoms with van der Waals surface area (Å²) in [5, 5.41) is 6.91. The van der Waals surface area contributed by atoms with Crippen LogP contribution >= 0.6 is 24.0 Å². The molecule has 8 heteroatoms. The van der Waals surface area contributed by atoms with Gasteiger partial charge in [0.2, 0.25) is 0 Å². The van der Waals surface area contributed by atoms with Crippen molar-refractivity contribution in [2.24, 2.45) is 10.7 Å². The molecule has 2 heterocycles. The van der Waals surface area contributed by atoms with Crippen molar-refractivity contribution in [1.29, 1.82) is 0 Å². The third-order valence-electron chi connectivity index (χ3n) is 6.11. The molecule has 7 nitrogen and oxygen atoms in total. The topological polar surface area (TPSA) is 86.0 Å². The van der Waals surface area contributed by atoms with Gasteiger partial charge in [-0.2, -0.15) is 0 Å². The van der Waals surface area contributed by atoms with Gasteiger partial charge < -0.3 is 21.3 Å². The first kappa shape index (κ1) is 25.7. The number of carbonyl (C=O) groups is 1. The predicted molar refractivity (Wildman–Crippen MR) is 138 cm³/mol. The van der Waals surface area contributed by atoms with Crippen molar-refractivity contribution >= 4 is 36.0 Å². The fourth-order valence-electron chi connectivity index (χ4n) is 4.32. The molecule has 0 saturated carbocycles. The summed E-state index contributed by atoms with van der Waals surface area (Å²) >= 11 is 0. The smallest absolute Gasteiger partial charge is 0.314 e. The molecule has 174 valence electrons. The molecule has 0 bridgehead atoms. The largest absolute Gasteiger partial charge is 0.357 e. The molecule has 0 radical (unpaired) electrons.